The first kappa shape index (κ1) is 21.7. The number of nitrogens with zero attached hydrogens (tertiary/aromatic N) is 1. The van der Waals surface area contributed by atoms with Gasteiger partial charge in [0.2, 0.25) is 17.7 Å². The van der Waals surface area contributed by atoms with Gasteiger partial charge in [-0.2, -0.15) is 0 Å². The maximum atomic E-state index is 13.3. The van der Waals surface area contributed by atoms with Crippen molar-refractivity contribution >= 4 is 39.3 Å². The first-order chi connectivity index (χ1) is 15.5. The molecule has 4 aliphatic rings. The van der Waals surface area contributed by atoms with Gasteiger partial charge in [0.15, 0.2) is 0 Å². The standard InChI is InChI=1S/C25H30BrN3O3/c26-16-5-7-17(8-6-16)28-24(32)23-18(19-9-10-20(23)25(19)11-12-25)15-27-21(30)3-1-13-29-14-2-4-22(29)31/h5-10,18-20,23H,1-4,11-15H2,(H,27,30)(H,28,32)/t18-,19-,20+,23+/m1/s1. The van der Waals surface area contributed by atoms with Crippen molar-refractivity contribution in [1.29, 1.82) is 0 Å². The summed E-state index contributed by atoms with van der Waals surface area (Å²) in [5.41, 5.74) is 1.04. The van der Waals surface area contributed by atoms with Crippen LogP contribution in [0.2, 0.25) is 0 Å². The number of anilines is 1. The number of nitrogens with one attached hydrogen (secondary N) is 2. The quantitative estimate of drug-likeness (QED) is 0.534. The molecule has 32 heavy (non-hydrogen) atoms. The van der Waals surface area contributed by atoms with E-state index in [1.807, 2.05) is 29.2 Å². The van der Waals surface area contributed by atoms with Crippen LogP contribution >= 0.6 is 15.9 Å². The third-order valence-corrected chi connectivity index (χ3v) is 8.47. The molecule has 5 rings (SSSR count). The van der Waals surface area contributed by atoms with Crippen molar-refractivity contribution in [3.8, 4) is 0 Å². The second kappa shape index (κ2) is 8.65. The minimum atomic E-state index is -0.112. The van der Waals surface area contributed by atoms with Gasteiger partial charge in [0.25, 0.3) is 0 Å². The van der Waals surface area contributed by atoms with Gasteiger partial charge < -0.3 is 15.5 Å². The molecule has 1 saturated heterocycles. The van der Waals surface area contributed by atoms with Crippen molar-refractivity contribution in [1.82, 2.24) is 10.2 Å². The minimum Gasteiger partial charge on any atom is -0.356 e. The number of hydrogen-bond acceptors (Lipinski definition) is 3. The fourth-order valence-electron chi connectivity index (χ4n) is 6.25. The number of allylic oxidation sites excluding steroid dienone is 2. The molecule has 7 heteroatoms. The van der Waals surface area contributed by atoms with Gasteiger partial charge in [-0.1, -0.05) is 28.1 Å². The Balaban J connectivity index is 1.18. The maximum absolute atomic E-state index is 13.3. The summed E-state index contributed by atoms with van der Waals surface area (Å²) in [6.07, 6.45) is 9.54. The first-order valence-electron chi connectivity index (χ1n) is 11.8. The lowest BCUT2D eigenvalue weighted by molar-refractivity contribution is -0.128. The van der Waals surface area contributed by atoms with Crippen LogP contribution in [-0.4, -0.2) is 42.3 Å². The smallest absolute Gasteiger partial charge is 0.228 e. The fourth-order valence-corrected chi connectivity index (χ4v) is 6.52. The van der Waals surface area contributed by atoms with Gasteiger partial charge in [-0.15, -0.1) is 0 Å². The monoisotopic (exact) mass is 499 g/mol. The molecule has 1 aliphatic heterocycles. The van der Waals surface area contributed by atoms with Crippen LogP contribution in [0.5, 0.6) is 0 Å². The zero-order chi connectivity index (χ0) is 22.3. The van der Waals surface area contributed by atoms with Gasteiger partial charge in [-0.3, -0.25) is 14.4 Å². The zero-order valence-electron chi connectivity index (χ0n) is 18.2. The summed E-state index contributed by atoms with van der Waals surface area (Å²) in [7, 11) is 0. The first-order valence-corrected chi connectivity index (χ1v) is 12.6. The molecule has 1 heterocycles. The van der Waals surface area contributed by atoms with Crippen LogP contribution in [0.4, 0.5) is 5.69 Å². The third kappa shape index (κ3) is 4.00. The van der Waals surface area contributed by atoms with E-state index in [1.165, 1.54) is 12.8 Å². The van der Waals surface area contributed by atoms with Crippen LogP contribution in [0.15, 0.2) is 40.9 Å². The minimum absolute atomic E-state index is 0.0142. The normalized spacial score (nSPS) is 29.0. The summed E-state index contributed by atoms with van der Waals surface area (Å²) in [5.74, 6) is 0.934. The molecule has 2 saturated carbocycles. The number of rotatable bonds is 8. The molecule has 1 aromatic carbocycles. The lowest BCUT2D eigenvalue weighted by Gasteiger charge is -2.27. The second-order valence-corrected chi connectivity index (χ2v) is 10.7. The van der Waals surface area contributed by atoms with Crippen LogP contribution in [0, 0.1) is 29.1 Å². The molecular weight excluding hydrogens is 470 g/mol. The van der Waals surface area contributed by atoms with Crippen molar-refractivity contribution in [3.63, 3.8) is 0 Å². The molecule has 3 amide bonds. The highest BCUT2D eigenvalue weighted by Crippen LogP contribution is 2.71. The molecule has 0 radical (unpaired) electrons. The summed E-state index contributed by atoms with van der Waals surface area (Å²) >= 11 is 3.43. The topological polar surface area (TPSA) is 78.5 Å². The molecule has 170 valence electrons. The Labute approximate surface area is 197 Å². The van der Waals surface area contributed by atoms with Gasteiger partial charge >= 0.3 is 0 Å². The molecule has 1 aromatic rings. The van der Waals surface area contributed by atoms with Crippen molar-refractivity contribution in [2.24, 2.45) is 29.1 Å². The average molecular weight is 500 g/mol. The van der Waals surface area contributed by atoms with Gasteiger partial charge in [0, 0.05) is 42.6 Å². The Morgan fingerprint density at radius 3 is 2.56 bits per heavy atom. The third-order valence-electron chi connectivity index (χ3n) is 7.94. The summed E-state index contributed by atoms with van der Waals surface area (Å²) < 4.78 is 0.977. The number of hydrogen-bond donors (Lipinski definition) is 2. The predicted octanol–water partition coefficient (Wildman–Crippen LogP) is 3.73. The lowest BCUT2D eigenvalue weighted by atomic mass is 9.82. The number of carbonyl (C=O) groups excluding carboxylic acids is 3. The fraction of sp³-hybridized carbons (Fsp3) is 0.560. The predicted molar refractivity (Wildman–Crippen MR) is 126 cm³/mol. The molecule has 0 aromatic heterocycles. The number of likely N-dealkylation sites (tertiary alicyclic amines) is 1. The van der Waals surface area contributed by atoms with Crippen molar-refractivity contribution in [2.45, 2.75) is 38.5 Å². The van der Waals surface area contributed by atoms with E-state index in [0.29, 0.717) is 38.3 Å². The summed E-state index contributed by atoms with van der Waals surface area (Å²) in [6.45, 7) is 2.01. The summed E-state index contributed by atoms with van der Waals surface area (Å²) in [4.78, 5) is 39.4. The van der Waals surface area contributed by atoms with Crippen molar-refractivity contribution in [3.05, 3.63) is 40.9 Å². The SMILES string of the molecule is O=C(CCCN1CCCC1=O)NC[C@H]1[C@H](C(=O)Nc2ccc(Br)cc2)[C@@H]2C=C[C@H]1C21CC1. The molecule has 0 unspecified atom stereocenters. The highest BCUT2D eigenvalue weighted by Gasteiger charge is 2.68. The van der Waals surface area contributed by atoms with Crippen LogP contribution in [0.1, 0.15) is 38.5 Å². The summed E-state index contributed by atoms with van der Waals surface area (Å²) in [6, 6.07) is 7.65. The Bertz CT molecular complexity index is 940. The molecule has 6 nitrogen and oxygen atoms in total. The van der Waals surface area contributed by atoms with Gasteiger partial charge in [0.1, 0.15) is 0 Å². The molecule has 2 N–H and O–H groups in total. The maximum Gasteiger partial charge on any atom is 0.228 e. The molecule has 4 atom stereocenters. The van der Waals surface area contributed by atoms with Gasteiger partial charge in [-0.05, 0) is 73.1 Å². The molecular formula is C25H30BrN3O3. The number of amides is 3. The van der Waals surface area contributed by atoms with E-state index >= 15 is 0 Å². The Hall–Kier alpha value is -2.15. The molecule has 2 bridgehead atoms. The van der Waals surface area contributed by atoms with E-state index in [-0.39, 0.29) is 40.9 Å². The van der Waals surface area contributed by atoms with E-state index in [1.54, 1.807) is 0 Å². The van der Waals surface area contributed by atoms with Crippen LogP contribution in [0.3, 0.4) is 0 Å². The van der Waals surface area contributed by atoms with Gasteiger partial charge in [-0.25, -0.2) is 0 Å². The highest BCUT2D eigenvalue weighted by atomic mass is 79.9. The van der Waals surface area contributed by atoms with Crippen molar-refractivity contribution < 1.29 is 14.4 Å². The Kier molecular flexibility index (Phi) is 5.86. The van der Waals surface area contributed by atoms with E-state index in [0.717, 1.165) is 23.1 Å². The Morgan fingerprint density at radius 1 is 1.12 bits per heavy atom. The van der Waals surface area contributed by atoms with E-state index in [9.17, 15) is 14.4 Å². The van der Waals surface area contributed by atoms with Crippen LogP contribution in [0.25, 0.3) is 0 Å². The van der Waals surface area contributed by atoms with E-state index in [4.69, 9.17) is 0 Å². The average Bonchev–Trinajstić information content (AvgIpc) is 3.27. The summed E-state index contributed by atoms with van der Waals surface area (Å²) in [5, 5.41) is 6.21. The highest BCUT2D eigenvalue weighted by molar-refractivity contribution is 9.10. The molecule has 3 fully saturated rings. The largest absolute Gasteiger partial charge is 0.356 e. The van der Waals surface area contributed by atoms with Crippen LogP contribution < -0.4 is 10.6 Å². The number of benzene rings is 1. The number of halogens is 1. The molecule has 1 spiro atoms. The van der Waals surface area contributed by atoms with E-state index < -0.39 is 0 Å². The second-order valence-electron chi connectivity index (χ2n) is 9.75. The molecule has 3 aliphatic carbocycles. The Morgan fingerprint density at radius 2 is 1.88 bits per heavy atom. The van der Waals surface area contributed by atoms with E-state index in [2.05, 4.69) is 38.7 Å². The van der Waals surface area contributed by atoms with Gasteiger partial charge in [0.05, 0.1) is 5.92 Å². The number of carbonyl (C=O) groups is 3. The zero-order valence-corrected chi connectivity index (χ0v) is 19.8. The lowest BCUT2D eigenvalue weighted by Crippen LogP contribution is -2.39. The van der Waals surface area contributed by atoms with Crippen LogP contribution in [-0.2, 0) is 14.4 Å². The van der Waals surface area contributed by atoms with Crippen molar-refractivity contribution in [2.75, 3.05) is 25.0 Å².